The Balaban J connectivity index is 2.15. The first kappa shape index (κ1) is 12.5. The zero-order valence-corrected chi connectivity index (χ0v) is 11.6. The third kappa shape index (κ3) is 2.10. The fourth-order valence-corrected chi connectivity index (χ4v) is 2.69. The molecule has 0 atom stereocenters. The molecule has 0 aliphatic carbocycles. The average molecular weight is 282 g/mol. The van der Waals surface area contributed by atoms with Crippen LogP contribution in [0.1, 0.15) is 25.1 Å². The van der Waals surface area contributed by atoms with Crippen LogP contribution in [0.3, 0.4) is 0 Å². The van der Waals surface area contributed by atoms with Gasteiger partial charge in [0.2, 0.25) is 5.88 Å². The lowest BCUT2D eigenvalue weighted by Gasteiger charge is -2.30. The Kier molecular flexibility index (Phi) is 3.42. The maximum atomic E-state index is 6.02. The van der Waals surface area contributed by atoms with Crippen molar-refractivity contribution in [1.82, 2.24) is 19.6 Å². The smallest absolute Gasteiger partial charge is 0.245 e. The SMILES string of the molecule is COc1ncnc2c1nc(CCl)n2N1CCCCC1. The second-order valence-corrected chi connectivity index (χ2v) is 4.81. The van der Waals surface area contributed by atoms with Crippen molar-refractivity contribution in [2.24, 2.45) is 0 Å². The van der Waals surface area contributed by atoms with E-state index in [1.54, 1.807) is 7.11 Å². The highest BCUT2D eigenvalue weighted by molar-refractivity contribution is 6.16. The number of methoxy groups -OCH3 is 1. The minimum atomic E-state index is 0.343. The number of piperidine rings is 1. The number of hydrogen-bond donors (Lipinski definition) is 0. The van der Waals surface area contributed by atoms with Crippen molar-refractivity contribution in [3.05, 3.63) is 12.2 Å². The van der Waals surface area contributed by atoms with Gasteiger partial charge in [0.05, 0.1) is 13.0 Å². The average Bonchev–Trinajstić information content (AvgIpc) is 2.86. The molecule has 1 fully saturated rings. The summed E-state index contributed by atoms with van der Waals surface area (Å²) in [7, 11) is 1.59. The van der Waals surface area contributed by atoms with E-state index in [4.69, 9.17) is 16.3 Å². The normalized spacial score (nSPS) is 16.0. The molecular weight excluding hydrogens is 266 g/mol. The first-order chi connectivity index (χ1) is 9.35. The summed E-state index contributed by atoms with van der Waals surface area (Å²) in [4.78, 5) is 12.9. The number of hydrogen-bond acceptors (Lipinski definition) is 5. The third-order valence-electron chi connectivity index (χ3n) is 3.38. The molecule has 19 heavy (non-hydrogen) atoms. The molecule has 6 nitrogen and oxygen atoms in total. The molecule has 2 aromatic rings. The molecule has 7 heteroatoms. The van der Waals surface area contributed by atoms with Crippen LogP contribution in [0.2, 0.25) is 0 Å². The van der Waals surface area contributed by atoms with Crippen LogP contribution in [0, 0.1) is 0 Å². The van der Waals surface area contributed by atoms with Gasteiger partial charge in [0.25, 0.3) is 0 Å². The largest absolute Gasteiger partial charge is 0.479 e. The number of rotatable bonds is 3. The maximum Gasteiger partial charge on any atom is 0.245 e. The molecule has 102 valence electrons. The van der Waals surface area contributed by atoms with E-state index in [9.17, 15) is 0 Å². The van der Waals surface area contributed by atoms with Crippen molar-refractivity contribution in [2.75, 3.05) is 25.2 Å². The summed E-state index contributed by atoms with van der Waals surface area (Å²) in [5.41, 5.74) is 1.44. The third-order valence-corrected chi connectivity index (χ3v) is 3.62. The van der Waals surface area contributed by atoms with Crippen LogP contribution in [0.5, 0.6) is 5.88 Å². The first-order valence-electron chi connectivity index (χ1n) is 6.42. The highest BCUT2D eigenvalue weighted by Crippen LogP contribution is 2.23. The number of aromatic nitrogens is 4. The van der Waals surface area contributed by atoms with Crippen LogP contribution >= 0.6 is 11.6 Å². The number of halogens is 1. The van der Waals surface area contributed by atoms with Gasteiger partial charge in [-0.25, -0.2) is 14.6 Å². The van der Waals surface area contributed by atoms with Crippen LogP contribution in [-0.2, 0) is 5.88 Å². The predicted octanol–water partition coefficient (Wildman–Crippen LogP) is 1.70. The van der Waals surface area contributed by atoms with Gasteiger partial charge < -0.3 is 9.75 Å². The van der Waals surface area contributed by atoms with Crippen molar-refractivity contribution in [2.45, 2.75) is 25.1 Å². The van der Waals surface area contributed by atoms with E-state index < -0.39 is 0 Å². The Labute approximate surface area is 116 Å². The van der Waals surface area contributed by atoms with Crippen molar-refractivity contribution in [1.29, 1.82) is 0 Å². The molecule has 0 bridgehead atoms. The fourth-order valence-electron chi connectivity index (χ4n) is 2.52. The molecule has 0 N–H and O–H groups in total. The molecule has 0 spiro atoms. The summed E-state index contributed by atoms with van der Waals surface area (Å²) in [6.45, 7) is 2.00. The van der Waals surface area contributed by atoms with Gasteiger partial charge in [0, 0.05) is 13.1 Å². The number of alkyl halides is 1. The standard InChI is InChI=1S/C12H16ClN5O/c1-19-12-10-11(14-8-15-12)18(9(7-13)16-10)17-5-3-2-4-6-17/h8H,2-7H2,1H3. The van der Waals surface area contributed by atoms with Crippen molar-refractivity contribution in [3.8, 4) is 5.88 Å². The van der Waals surface area contributed by atoms with Crippen molar-refractivity contribution < 1.29 is 4.74 Å². The highest BCUT2D eigenvalue weighted by atomic mass is 35.5. The topological polar surface area (TPSA) is 56.1 Å². The Morgan fingerprint density at radius 1 is 1.26 bits per heavy atom. The summed E-state index contributed by atoms with van der Waals surface area (Å²) in [6, 6.07) is 0. The summed E-state index contributed by atoms with van der Waals surface area (Å²) in [6.07, 6.45) is 5.15. The van der Waals surface area contributed by atoms with E-state index >= 15 is 0 Å². The summed E-state index contributed by atoms with van der Waals surface area (Å²) in [5.74, 6) is 1.63. The Bertz CT molecular complexity index is 579. The molecule has 1 saturated heterocycles. The van der Waals surface area contributed by atoms with Crippen LogP contribution in [0.25, 0.3) is 11.2 Å². The molecule has 0 saturated carbocycles. The maximum absolute atomic E-state index is 6.02. The lowest BCUT2D eigenvalue weighted by molar-refractivity contribution is 0.401. The molecule has 2 aromatic heterocycles. The quantitative estimate of drug-likeness (QED) is 0.802. The van der Waals surface area contributed by atoms with E-state index in [0.717, 1.165) is 24.6 Å². The summed E-state index contributed by atoms with van der Waals surface area (Å²) in [5, 5.41) is 2.25. The Morgan fingerprint density at radius 3 is 2.74 bits per heavy atom. The van der Waals surface area contributed by atoms with Gasteiger partial charge >= 0.3 is 0 Å². The summed E-state index contributed by atoms with van der Waals surface area (Å²) >= 11 is 6.02. The minimum absolute atomic E-state index is 0.343. The molecule has 1 aliphatic rings. The molecule has 3 rings (SSSR count). The van der Waals surface area contributed by atoms with Gasteiger partial charge in [0.15, 0.2) is 11.2 Å². The van der Waals surface area contributed by atoms with Crippen LogP contribution in [0.15, 0.2) is 6.33 Å². The highest BCUT2D eigenvalue weighted by Gasteiger charge is 2.21. The Morgan fingerprint density at radius 2 is 2.05 bits per heavy atom. The van der Waals surface area contributed by atoms with E-state index in [1.807, 2.05) is 4.68 Å². The van der Waals surface area contributed by atoms with E-state index in [0.29, 0.717) is 17.3 Å². The van der Waals surface area contributed by atoms with Crippen LogP contribution in [0.4, 0.5) is 0 Å². The van der Waals surface area contributed by atoms with Gasteiger partial charge in [-0.1, -0.05) is 0 Å². The lowest BCUT2D eigenvalue weighted by atomic mass is 10.2. The number of nitrogens with zero attached hydrogens (tertiary/aromatic N) is 5. The zero-order chi connectivity index (χ0) is 13.2. The monoisotopic (exact) mass is 281 g/mol. The van der Waals surface area contributed by atoms with E-state index in [-0.39, 0.29) is 0 Å². The second-order valence-electron chi connectivity index (χ2n) is 4.54. The van der Waals surface area contributed by atoms with Gasteiger partial charge in [-0.05, 0) is 19.3 Å². The lowest BCUT2D eigenvalue weighted by Crippen LogP contribution is -2.40. The molecule has 0 aromatic carbocycles. The Hall–Kier alpha value is -1.56. The first-order valence-corrected chi connectivity index (χ1v) is 6.96. The molecule has 0 amide bonds. The number of fused-ring (bicyclic) bond motifs is 1. The van der Waals surface area contributed by atoms with Crippen molar-refractivity contribution >= 4 is 22.8 Å². The van der Waals surface area contributed by atoms with E-state index in [1.165, 1.54) is 25.6 Å². The summed E-state index contributed by atoms with van der Waals surface area (Å²) < 4.78 is 7.26. The van der Waals surface area contributed by atoms with E-state index in [2.05, 4.69) is 20.0 Å². The van der Waals surface area contributed by atoms with Crippen molar-refractivity contribution in [3.63, 3.8) is 0 Å². The molecule has 0 radical (unpaired) electrons. The van der Waals surface area contributed by atoms with Gasteiger partial charge in [-0.2, -0.15) is 4.98 Å². The number of ether oxygens (including phenoxy) is 1. The zero-order valence-electron chi connectivity index (χ0n) is 10.8. The molecule has 0 unspecified atom stereocenters. The van der Waals surface area contributed by atoms with Gasteiger partial charge in [-0.3, -0.25) is 0 Å². The molecular formula is C12H16ClN5O. The van der Waals surface area contributed by atoms with Gasteiger partial charge in [0.1, 0.15) is 12.2 Å². The number of imidazole rings is 1. The fraction of sp³-hybridized carbons (Fsp3) is 0.583. The van der Waals surface area contributed by atoms with Gasteiger partial charge in [-0.15, -0.1) is 11.6 Å². The van der Waals surface area contributed by atoms with Crippen LogP contribution < -0.4 is 9.75 Å². The van der Waals surface area contributed by atoms with Crippen LogP contribution in [-0.4, -0.2) is 39.8 Å². The predicted molar refractivity (Wildman–Crippen MR) is 73.2 cm³/mol. The second kappa shape index (κ2) is 5.21. The minimum Gasteiger partial charge on any atom is -0.479 e. The molecule has 1 aliphatic heterocycles. The molecule has 3 heterocycles.